The van der Waals surface area contributed by atoms with Crippen LogP contribution in [0, 0.1) is 11.8 Å². The zero-order valence-corrected chi connectivity index (χ0v) is 19.2. The van der Waals surface area contributed by atoms with Gasteiger partial charge in [0, 0.05) is 10.6 Å². The molecule has 4 aromatic rings. The highest BCUT2D eigenvalue weighted by atomic mass is 32.2. The third-order valence-electron chi connectivity index (χ3n) is 5.87. The van der Waals surface area contributed by atoms with Crippen molar-refractivity contribution in [1.29, 1.82) is 0 Å². The average Bonchev–Trinajstić information content (AvgIpc) is 3.30. The molecule has 30 heavy (non-hydrogen) atoms. The van der Waals surface area contributed by atoms with Gasteiger partial charge in [-0.25, -0.2) is 8.97 Å². The summed E-state index contributed by atoms with van der Waals surface area (Å²) in [5.74, 6) is 2.91. The number of hydrogen-bond donors (Lipinski definition) is 0. The molecule has 0 saturated heterocycles. The number of hydrogen-bond acceptors (Lipinski definition) is 5. The molecule has 0 unspecified atom stereocenters. The average molecular weight is 439 g/mol. The van der Waals surface area contributed by atoms with E-state index in [0.717, 1.165) is 52.5 Å². The number of benzene rings is 1. The number of thiophene rings is 1. The predicted octanol–water partition coefficient (Wildman–Crippen LogP) is 5.36. The first-order valence-electron chi connectivity index (χ1n) is 10.7. The summed E-state index contributed by atoms with van der Waals surface area (Å²) in [5.41, 5.74) is 2.11. The molecule has 1 aliphatic rings. The summed E-state index contributed by atoms with van der Waals surface area (Å²) in [5, 5.41) is 10.7. The summed E-state index contributed by atoms with van der Waals surface area (Å²) in [6.45, 7) is 6.78. The lowest BCUT2D eigenvalue weighted by molar-refractivity contribution is 0.509. The molecule has 156 valence electrons. The van der Waals surface area contributed by atoms with E-state index in [1.165, 1.54) is 10.4 Å². The largest absolute Gasteiger partial charge is 0.268 e. The van der Waals surface area contributed by atoms with Crippen LogP contribution in [0.1, 0.15) is 44.1 Å². The SMILES string of the molecule is CC(C)CCSc1nnc2n(-c3ccccc3)c(=O)c3c4c(sc3n12)C[C@H](C)CC4. The van der Waals surface area contributed by atoms with Gasteiger partial charge in [0.2, 0.25) is 5.78 Å². The molecule has 0 aliphatic heterocycles. The Morgan fingerprint density at radius 1 is 1.23 bits per heavy atom. The van der Waals surface area contributed by atoms with E-state index in [2.05, 4.69) is 35.4 Å². The minimum atomic E-state index is 0.0295. The number of fused-ring (bicyclic) bond motifs is 5. The lowest BCUT2D eigenvalue weighted by atomic mass is 9.89. The van der Waals surface area contributed by atoms with Gasteiger partial charge in [-0.1, -0.05) is 50.7 Å². The molecule has 5 nitrogen and oxygen atoms in total. The summed E-state index contributed by atoms with van der Waals surface area (Å²) in [6.07, 6.45) is 4.29. The van der Waals surface area contributed by atoms with Crippen LogP contribution in [-0.4, -0.2) is 24.9 Å². The molecular weight excluding hydrogens is 412 g/mol. The van der Waals surface area contributed by atoms with E-state index in [1.54, 1.807) is 27.7 Å². The summed E-state index contributed by atoms with van der Waals surface area (Å²) < 4.78 is 3.87. The molecule has 3 aromatic heterocycles. The van der Waals surface area contributed by atoms with Crippen molar-refractivity contribution in [2.24, 2.45) is 11.8 Å². The molecule has 0 radical (unpaired) electrons. The number of nitrogens with zero attached hydrogens (tertiary/aromatic N) is 4. The summed E-state index contributed by atoms with van der Waals surface area (Å²) in [6, 6.07) is 9.82. The lowest BCUT2D eigenvalue weighted by Gasteiger charge is -2.17. The quantitative estimate of drug-likeness (QED) is 0.394. The molecule has 5 rings (SSSR count). The van der Waals surface area contributed by atoms with Gasteiger partial charge in [0.1, 0.15) is 4.83 Å². The van der Waals surface area contributed by atoms with Crippen molar-refractivity contribution in [2.75, 3.05) is 5.75 Å². The smallest absolute Gasteiger partial charge is 0.268 e. The molecule has 1 aliphatic carbocycles. The maximum Gasteiger partial charge on any atom is 0.268 e. The summed E-state index contributed by atoms with van der Waals surface area (Å²) in [7, 11) is 0. The van der Waals surface area contributed by atoms with Crippen molar-refractivity contribution >= 4 is 39.1 Å². The van der Waals surface area contributed by atoms with Crippen LogP contribution in [0.15, 0.2) is 40.3 Å². The second-order valence-corrected chi connectivity index (χ2v) is 10.8. The van der Waals surface area contributed by atoms with Crippen molar-refractivity contribution in [2.45, 2.75) is 51.6 Å². The zero-order chi connectivity index (χ0) is 20.8. The van der Waals surface area contributed by atoms with Crippen LogP contribution in [0.3, 0.4) is 0 Å². The van der Waals surface area contributed by atoms with Crippen LogP contribution in [0.4, 0.5) is 0 Å². The molecule has 0 amide bonds. The molecule has 7 heteroatoms. The van der Waals surface area contributed by atoms with Gasteiger partial charge in [-0.2, -0.15) is 0 Å². The Balaban J connectivity index is 1.80. The minimum Gasteiger partial charge on any atom is -0.268 e. The molecule has 0 spiro atoms. The molecule has 0 bridgehead atoms. The monoisotopic (exact) mass is 438 g/mol. The molecule has 1 atom stereocenters. The molecule has 0 saturated carbocycles. The lowest BCUT2D eigenvalue weighted by Crippen LogP contribution is -2.22. The van der Waals surface area contributed by atoms with Crippen LogP contribution < -0.4 is 5.56 Å². The molecular formula is C23H26N4OS2. The Labute approximate surface area is 184 Å². The third kappa shape index (κ3) is 3.28. The van der Waals surface area contributed by atoms with E-state index >= 15 is 0 Å². The maximum atomic E-state index is 13.8. The van der Waals surface area contributed by atoms with E-state index in [0.29, 0.717) is 17.6 Å². The Morgan fingerprint density at radius 2 is 2.03 bits per heavy atom. The minimum absolute atomic E-state index is 0.0295. The molecule has 0 N–H and O–H groups in total. The van der Waals surface area contributed by atoms with Crippen molar-refractivity contribution in [1.82, 2.24) is 19.2 Å². The predicted molar refractivity (Wildman–Crippen MR) is 125 cm³/mol. The van der Waals surface area contributed by atoms with E-state index < -0.39 is 0 Å². The van der Waals surface area contributed by atoms with Gasteiger partial charge in [-0.15, -0.1) is 21.5 Å². The first kappa shape index (κ1) is 19.8. The first-order valence-corrected chi connectivity index (χ1v) is 12.5. The highest BCUT2D eigenvalue weighted by Gasteiger charge is 2.27. The normalized spacial score (nSPS) is 16.6. The third-order valence-corrected chi connectivity index (χ3v) is 8.07. The number of para-hydroxylation sites is 1. The van der Waals surface area contributed by atoms with Gasteiger partial charge in [0.05, 0.1) is 11.1 Å². The Hall–Kier alpha value is -2.12. The Morgan fingerprint density at radius 3 is 2.80 bits per heavy atom. The maximum absolute atomic E-state index is 13.8. The van der Waals surface area contributed by atoms with Gasteiger partial charge >= 0.3 is 0 Å². The van der Waals surface area contributed by atoms with Crippen LogP contribution in [0.25, 0.3) is 21.7 Å². The van der Waals surface area contributed by atoms with Crippen molar-refractivity contribution in [3.63, 3.8) is 0 Å². The summed E-state index contributed by atoms with van der Waals surface area (Å²) in [4.78, 5) is 16.1. The van der Waals surface area contributed by atoms with Gasteiger partial charge in [-0.05, 0) is 55.2 Å². The van der Waals surface area contributed by atoms with Gasteiger partial charge in [-0.3, -0.25) is 4.79 Å². The van der Waals surface area contributed by atoms with E-state index in [-0.39, 0.29) is 5.56 Å². The van der Waals surface area contributed by atoms with E-state index in [1.807, 2.05) is 30.3 Å². The molecule has 3 heterocycles. The second-order valence-electron chi connectivity index (χ2n) is 8.66. The van der Waals surface area contributed by atoms with Crippen LogP contribution in [0.5, 0.6) is 0 Å². The van der Waals surface area contributed by atoms with E-state index in [4.69, 9.17) is 0 Å². The molecule has 1 aromatic carbocycles. The Kier molecular flexibility index (Phi) is 5.19. The Bertz CT molecular complexity index is 1270. The zero-order valence-electron chi connectivity index (χ0n) is 17.6. The van der Waals surface area contributed by atoms with Crippen molar-refractivity contribution in [3.05, 3.63) is 51.1 Å². The van der Waals surface area contributed by atoms with Gasteiger partial charge in [0.25, 0.3) is 5.56 Å². The highest BCUT2D eigenvalue weighted by Crippen LogP contribution is 2.38. The fourth-order valence-corrected chi connectivity index (χ4v) is 6.92. The van der Waals surface area contributed by atoms with E-state index in [9.17, 15) is 4.79 Å². The van der Waals surface area contributed by atoms with Crippen LogP contribution in [-0.2, 0) is 12.8 Å². The molecule has 0 fully saturated rings. The topological polar surface area (TPSA) is 52.2 Å². The van der Waals surface area contributed by atoms with Gasteiger partial charge < -0.3 is 0 Å². The fourth-order valence-electron chi connectivity index (χ4n) is 4.19. The number of aryl methyl sites for hydroxylation is 1. The standard InChI is InChI=1S/C23H26N4OS2/c1-14(2)11-12-29-23-25-24-22-26(16-7-5-4-6-8-16)20(28)19-17-10-9-15(3)13-18(17)30-21(19)27(22)23/h4-8,14-15H,9-13H2,1-3H3/t15-/m1/s1. The van der Waals surface area contributed by atoms with Crippen LogP contribution >= 0.6 is 23.1 Å². The number of thioether (sulfide) groups is 1. The second kappa shape index (κ2) is 7.85. The van der Waals surface area contributed by atoms with Crippen molar-refractivity contribution < 1.29 is 0 Å². The number of aromatic nitrogens is 4. The van der Waals surface area contributed by atoms with Gasteiger partial charge in [0.15, 0.2) is 5.16 Å². The fraction of sp³-hybridized carbons (Fsp3) is 0.435. The first-order chi connectivity index (χ1) is 14.5. The van der Waals surface area contributed by atoms with Crippen LogP contribution in [0.2, 0.25) is 0 Å². The highest BCUT2D eigenvalue weighted by molar-refractivity contribution is 7.99. The van der Waals surface area contributed by atoms with Crippen molar-refractivity contribution in [3.8, 4) is 5.69 Å². The number of rotatable bonds is 5. The summed E-state index contributed by atoms with van der Waals surface area (Å²) >= 11 is 3.50.